The molecule has 2 nitrogen and oxygen atoms in total. The monoisotopic (exact) mass is 301 g/mol. The largest absolute Gasteiger partial charge is 0.488 e. The number of aryl methyl sites for hydroxylation is 2. The number of hydrogen-bond acceptors (Lipinski definition) is 2. The minimum atomic E-state index is -0.0953. The standard InChI is InChI=1S/C18H20ClNO/c1-12-9-10-14(19)11-17(12)21-16-8-4-6-13-5-2-3-7-15(13)18(16)20/h2-3,5,7,9-11,16,18H,4,6,8,20H2,1H3. The van der Waals surface area contributed by atoms with Crippen LogP contribution < -0.4 is 10.5 Å². The van der Waals surface area contributed by atoms with Gasteiger partial charge in [0.05, 0.1) is 6.04 Å². The van der Waals surface area contributed by atoms with Crippen LogP contribution in [0, 0.1) is 6.92 Å². The van der Waals surface area contributed by atoms with Crippen molar-refractivity contribution in [1.29, 1.82) is 0 Å². The van der Waals surface area contributed by atoms with Gasteiger partial charge < -0.3 is 10.5 Å². The number of ether oxygens (including phenoxy) is 1. The number of benzene rings is 2. The Morgan fingerprint density at radius 1 is 1.19 bits per heavy atom. The minimum Gasteiger partial charge on any atom is -0.488 e. The highest BCUT2D eigenvalue weighted by molar-refractivity contribution is 6.30. The Morgan fingerprint density at radius 3 is 2.86 bits per heavy atom. The molecule has 2 atom stereocenters. The maximum atomic E-state index is 6.47. The van der Waals surface area contributed by atoms with Gasteiger partial charge in [-0.2, -0.15) is 0 Å². The van der Waals surface area contributed by atoms with Crippen LogP contribution in [0.5, 0.6) is 5.75 Å². The van der Waals surface area contributed by atoms with Gasteiger partial charge in [0, 0.05) is 5.02 Å². The molecule has 0 bridgehead atoms. The summed E-state index contributed by atoms with van der Waals surface area (Å²) in [5.74, 6) is 0.835. The molecule has 0 aliphatic heterocycles. The summed E-state index contributed by atoms with van der Waals surface area (Å²) in [5.41, 5.74) is 10.1. The first-order valence-electron chi connectivity index (χ1n) is 7.41. The Kier molecular flexibility index (Phi) is 4.18. The third-order valence-corrected chi connectivity index (χ3v) is 4.41. The molecule has 0 saturated carbocycles. The SMILES string of the molecule is Cc1ccc(Cl)cc1OC1CCCc2ccccc2C1N. The van der Waals surface area contributed by atoms with Crippen molar-refractivity contribution in [2.45, 2.75) is 38.3 Å². The van der Waals surface area contributed by atoms with Gasteiger partial charge in [0.15, 0.2) is 0 Å². The quantitative estimate of drug-likeness (QED) is 0.833. The van der Waals surface area contributed by atoms with Gasteiger partial charge in [-0.3, -0.25) is 0 Å². The molecule has 21 heavy (non-hydrogen) atoms. The second kappa shape index (κ2) is 6.08. The Labute approximate surface area is 130 Å². The molecular formula is C18H20ClNO. The Balaban J connectivity index is 1.87. The van der Waals surface area contributed by atoms with Crippen LogP contribution in [0.4, 0.5) is 0 Å². The first-order chi connectivity index (χ1) is 10.1. The van der Waals surface area contributed by atoms with Crippen molar-refractivity contribution in [3.8, 4) is 5.75 Å². The molecule has 0 aromatic heterocycles. The van der Waals surface area contributed by atoms with Gasteiger partial charge >= 0.3 is 0 Å². The van der Waals surface area contributed by atoms with Crippen LogP contribution in [0.3, 0.4) is 0 Å². The molecule has 2 aromatic rings. The number of nitrogens with two attached hydrogens (primary N) is 1. The Morgan fingerprint density at radius 2 is 2.00 bits per heavy atom. The summed E-state index contributed by atoms with van der Waals surface area (Å²) in [6.45, 7) is 2.03. The average Bonchev–Trinajstić information content (AvgIpc) is 2.64. The summed E-state index contributed by atoms with van der Waals surface area (Å²) in [6, 6.07) is 14.1. The van der Waals surface area contributed by atoms with Gasteiger partial charge in [0.1, 0.15) is 11.9 Å². The summed E-state index contributed by atoms with van der Waals surface area (Å²) >= 11 is 6.07. The number of hydrogen-bond donors (Lipinski definition) is 1. The van der Waals surface area contributed by atoms with Crippen LogP contribution in [0.2, 0.25) is 5.02 Å². The molecule has 0 fully saturated rings. The highest BCUT2D eigenvalue weighted by atomic mass is 35.5. The maximum Gasteiger partial charge on any atom is 0.124 e. The molecule has 110 valence electrons. The fraction of sp³-hybridized carbons (Fsp3) is 0.333. The fourth-order valence-electron chi connectivity index (χ4n) is 2.96. The molecule has 1 aliphatic rings. The van der Waals surface area contributed by atoms with Crippen LogP contribution in [0.1, 0.15) is 35.6 Å². The highest BCUT2D eigenvalue weighted by Gasteiger charge is 2.26. The minimum absolute atomic E-state index is 0.00850. The topological polar surface area (TPSA) is 35.2 Å². The normalized spacial score (nSPS) is 21.5. The van der Waals surface area contributed by atoms with E-state index in [1.165, 1.54) is 11.1 Å². The van der Waals surface area contributed by atoms with E-state index in [-0.39, 0.29) is 12.1 Å². The average molecular weight is 302 g/mol. The van der Waals surface area contributed by atoms with Crippen LogP contribution >= 0.6 is 11.6 Å². The van der Waals surface area contributed by atoms with E-state index in [2.05, 4.69) is 18.2 Å². The third-order valence-electron chi connectivity index (χ3n) is 4.18. The molecule has 0 heterocycles. The van der Waals surface area contributed by atoms with Crippen molar-refractivity contribution in [1.82, 2.24) is 0 Å². The van der Waals surface area contributed by atoms with E-state index in [1.54, 1.807) is 0 Å². The molecule has 2 unspecified atom stereocenters. The second-order valence-electron chi connectivity index (χ2n) is 5.68. The molecule has 3 heteroatoms. The van der Waals surface area contributed by atoms with Gasteiger partial charge in [0.2, 0.25) is 0 Å². The molecule has 0 saturated heterocycles. The van der Waals surface area contributed by atoms with E-state index in [4.69, 9.17) is 22.1 Å². The lowest BCUT2D eigenvalue weighted by Crippen LogP contribution is -2.31. The summed E-state index contributed by atoms with van der Waals surface area (Å²) in [5, 5.41) is 0.693. The summed E-state index contributed by atoms with van der Waals surface area (Å²) in [7, 11) is 0. The van der Waals surface area contributed by atoms with Crippen molar-refractivity contribution >= 4 is 11.6 Å². The van der Waals surface area contributed by atoms with Crippen molar-refractivity contribution < 1.29 is 4.74 Å². The van der Waals surface area contributed by atoms with Gasteiger partial charge in [0.25, 0.3) is 0 Å². The smallest absolute Gasteiger partial charge is 0.124 e. The van der Waals surface area contributed by atoms with E-state index < -0.39 is 0 Å². The van der Waals surface area contributed by atoms with Crippen molar-refractivity contribution in [3.63, 3.8) is 0 Å². The first kappa shape index (κ1) is 14.4. The van der Waals surface area contributed by atoms with Gasteiger partial charge in [-0.05, 0) is 55.0 Å². The van der Waals surface area contributed by atoms with Gasteiger partial charge in [-0.15, -0.1) is 0 Å². The first-order valence-corrected chi connectivity index (χ1v) is 7.79. The van der Waals surface area contributed by atoms with E-state index in [1.807, 2.05) is 31.2 Å². The Bertz CT molecular complexity index is 641. The summed E-state index contributed by atoms with van der Waals surface area (Å²) < 4.78 is 6.21. The molecule has 0 radical (unpaired) electrons. The van der Waals surface area contributed by atoms with Crippen LogP contribution in [-0.4, -0.2) is 6.10 Å². The van der Waals surface area contributed by atoms with E-state index >= 15 is 0 Å². The predicted octanol–water partition coefficient (Wildman–Crippen LogP) is 4.43. The predicted molar refractivity (Wildman–Crippen MR) is 86.9 cm³/mol. The molecule has 2 aromatic carbocycles. The van der Waals surface area contributed by atoms with E-state index in [9.17, 15) is 0 Å². The zero-order valence-electron chi connectivity index (χ0n) is 12.2. The Hall–Kier alpha value is -1.51. The molecule has 0 spiro atoms. The van der Waals surface area contributed by atoms with E-state index in [0.717, 1.165) is 30.6 Å². The van der Waals surface area contributed by atoms with E-state index in [0.29, 0.717) is 5.02 Å². The zero-order valence-corrected chi connectivity index (χ0v) is 12.9. The van der Waals surface area contributed by atoms with Crippen molar-refractivity contribution in [2.24, 2.45) is 5.73 Å². The number of rotatable bonds is 2. The molecule has 3 rings (SSSR count). The number of fused-ring (bicyclic) bond motifs is 1. The lowest BCUT2D eigenvalue weighted by molar-refractivity contribution is 0.161. The second-order valence-corrected chi connectivity index (χ2v) is 6.12. The summed E-state index contributed by atoms with van der Waals surface area (Å²) in [4.78, 5) is 0. The van der Waals surface area contributed by atoms with Crippen molar-refractivity contribution in [3.05, 3.63) is 64.2 Å². The molecule has 1 aliphatic carbocycles. The third kappa shape index (κ3) is 3.07. The van der Waals surface area contributed by atoms with Crippen LogP contribution in [-0.2, 0) is 6.42 Å². The van der Waals surface area contributed by atoms with Crippen LogP contribution in [0.15, 0.2) is 42.5 Å². The lowest BCUT2D eigenvalue weighted by Gasteiger charge is -2.25. The van der Waals surface area contributed by atoms with Gasteiger partial charge in [-0.1, -0.05) is 41.9 Å². The molecule has 0 amide bonds. The summed E-state index contributed by atoms with van der Waals surface area (Å²) in [6.07, 6.45) is 3.11. The maximum absolute atomic E-state index is 6.47. The van der Waals surface area contributed by atoms with Crippen molar-refractivity contribution in [2.75, 3.05) is 0 Å². The molecule has 2 N–H and O–H groups in total. The van der Waals surface area contributed by atoms with Crippen LogP contribution in [0.25, 0.3) is 0 Å². The lowest BCUT2D eigenvalue weighted by atomic mass is 9.98. The number of halogens is 1. The fourth-order valence-corrected chi connectivity index (χ4v) is 3.12. The zero-order chi connectivity index (χ0) is 14.8. The highest BCUT2D eigenvalue weighted by Crippen LogP contribution is 2.32. The van der Waals surface area contributed by atoms with Gasteiger partial charge in [-0.25, -0.2) is 0 Å². The molecular weight excluding hydrogens is 282 g/mol.